The van der Waals surface area contributed by atoms with Crippen molar-refractivity contribution in [2.75, 3.05) is 0 Å². The molecule has 0 aliphatic heterocycles. The predicted molar refractivity (Wildman–Crippen MR) is 76.2 cm³/mol. The van der Waals surface area contributed by atoms with Crippen LogP contribution in [0.1, 0.15) is 0 Å². The average molecular weight is 362 g/mol. The minimum absolute atomic E-state index is 0. The number of pyridine rings is 1. The van der Waals surface area contributed by atoms with Crippen LogP contribution >= 0.6 is 44.3 Å². The second-order valence-electron chi connectivity index (χ2n) is 3.36. The van der Waals surface area contributed by atoms with Gasteiger partial charge in [0.25, 0.3) is 0 Å². The van der Waals surface area contributed by atoms with E-state index in [9.17, 15) is 0 Å². The van der Waals surface area contributed by atoms with Gasteiger partial charge in [0.2, 0.25) is 0 Å². The SMILES string of the molecule is Brc1cc(Br)c2[nH]c3cnccc3c2c1.Cl. The third-order valence-corrected chi connectivity index (χ3v) is 3.51. The molecule has 0 radical (unpaired) electrons. The molecule has 0 unspecified atom stereocenters. The van der Waals surface area contributed by atoms with E-state index in [1.165, 1.54) is 10.8 Å². The summed E-state index contributed by atoms with van der Waals surface area (Å²) in [6.07, 6.45) is 3.65. The maximum Gasteiger partial charge on any atom is 0.0651 e. The number of rotatable bonds is 0. The van der Waals surface area contributed by atoms with Crippen LogP contribution in [0.15, 0.2) is 39.5 Å². The number of hydrogen-bond acceptors (Lipinski definition) is 1. The largest absolute Gasteiger partial charge is 0.352 e. The van der Waals surface area contributed by atoms with E-state index in [4.69, 9.17) is 0 Å². The number of hydrogen-bond donors (Lipinski definition) is 1. The summed E-state index contributed by atoms with van der Waals surface area (Å²) in [7, 11) is 0. The van der Waals surface area contributed by atoms with Crippen molar-refractivity contribution in [2.24, 2.45) is 0 Å². The van der Waals surface area contributed by atoms with E-state index < -0.39 is 0 Å². The fraction of sp³-hybridized carbons (Fsp3) is 0. The zero-order valence-corrected chi connectivity index (χ0v) is 12.0. The van der Waals surface area contributed by atoms with E-state index in [1.807, 2.05) is 24.5 Å². The number of nitrogens with zero attached hydrogens (tertiary/aromatic N) is 1. The second kappa shape index (κ2) is 4.35. The van der Waals surface area contributed by atoms with Crippen molar-refractivity contribution >= 4 is 66.1 Å². The Balaban J connectivity index is 0.000000963. The number of nitrogens with one attached hydrogen (secondary N) is 1. The molecule has 0 saturated heterocycles. The number of benzene rings is 1. The lowest BCUT2D eigenvalue weighted by molar-refractivity contribution is 1.35. The van der Waals surface area contributed by atoms with E-state index >= 15 is 0 Å². The summed E-state index contributed by atoms with van der Waals surface area (Å²) in [4.78, 5) is 7.45. The number of fused-ring (bicyclic) bond motifs is 3. The van der Waals surface area contributed by atoms with E-state index in [-0.39, 0.29) is 12.4 Å². The normalized spacial score (nSPS) is 10.6. The van der Waals surface area contributed by atoms with E-state index in [0.29, 0.717) is 0 Å². The summed E-state index contributed by atoms with van der Waals surface area (Å²) in [5.74, 6) is 0. The van der Waals surface area contributed by atoms with Crippen molar-refractivity contribution in [3.8, 4) is 0 Å². The Hall–Kier alpha value is -0.580. The first-order valence-electron chi connectivity index (χ1n) is 4.46. The maximum absolute atomic E-state index is 4.10. The van der Waals surface area contributed by atoms with Gasteiger partial charge in [-0.25, -0.2) is 0 Å². The Kier molecular flexibility index (Phi) is 3.24. The molecule has 0 bridgehead atoms. The molecule has 3 rings (SSSR count). The van der Waals surface area contributed by atoms with Crippen molar-refractivity contribution in [3.63, 3.8) is 0 Å². The highest BCUT2D eigenvalue weighted by molar-refractivity contribution is 9.11. The van der Waals surface area contributed by atoms with Gasteiger partial charge in [-0.3, -0.25) is 4.98 Å². The van der Waals surface area contributed by atoms with Gasteiger partial charge in [0.15, 0.2) is 0 Å². The molecule has 0 atom stereocenters. The Labute approximate surface area is 115 Å². The van der Waals surface area contributed by atoms with Crippen LogP contribution in [0.3, 0.4) is 0 Å². The number of halogens is 3. The molecule has 2 heterocycles. The molecule has 16 heavy (non-hydrogen) atoms. The number of aromatic amines is 1. The van der Waals surface area contributed by atoms with Gasteiger partial charge in [-0.15, -0.1) is 12.4 Å². The van der Waals surface area contributed by atoms with Gasteiger partial charge >= 0.3 is 0 Å². The third-order valence-electron chi connectivity index (χ3n) is 2.43. The molecular formula is C11H7Br2ClN2. The molecule has 1 aromatic carbocycles. The van der Waals surface area contributed by atoms with Crippen LogP contribution in [0.5, 0.6) is 0 Å². The number of aromatic nitrogens is 2. The highest BCUT2D eigenvalue weighted by Gasteiger charge is 2.07. The van der Waals surface area contributed by atoms with Crippen molar-refractivity contribution < 1.29 is 0 Å². The van der Waals surface area contributed by atoms with Crippen LogP contribution in [0, 0.1) is 0 Å². The lowest BCUT2D eigenvalue weighted by Gasteiger charge is -1.95. The van der Waals surface area contributed by atoms with Crippen molar-refractivity contribution in [1.82, 2.24) is 9.97 Å². The van der Waals surface area contributed by atoms with Gasteiger partial charge < -0.3 is 4.98 Å². The average Bonchev–Trinajstić information content (AvgIpc) is 2.57. The van der Waals surface area contributed by atoms with Gasteiger partial charge in [0.05, 0.1) is 17.2 Å². The van der Waals surface area contributed by atoms with E-state index in [2.05, 4.69) is 47.9 Å². The lowest BCUT2D eigenvalue weighted by Crippen LogP contribution is -1.71. The fourth-order valence-corrected chi connectivity index (χ4v) is 3.10. The molecule has 0 spiro atoms. The zero-order chi connectivity index (χ0) is 10.4. The van der Waals surface area contributed by atoms with Crippen molar-refractivity contribution in [1.29, 1.82) is 0 Å². The number of H-pyrrole nitrogens is 1. The van der Waals surface area contributed by atoms with Gasteiger partial charge in [0, 0.05) is 25.9 Å². The van der Waals surface area contributed by atoms with Crippen molar-refractivity contribution in [3.05, 3.63) is 39.5 Å². The van der Waals surface area contributed by atoms with Gasteiger partial charge in [-0.1, -0.05) is 15.9 Å². The molecule has 0 saturated carbocycles. The molecule has 0 fully saturated rings. The first-order chi connectivity index (χ1) is 7.25. The first-order valence-corrected chi connectivity index (χ1v) is 6.05. The smallest absolute Gasteiger partial charge is 0.0651 e. The Morgan fingerprint density at radius 3 is 2.75 bits per heavy atom. The molecule has 1 N–H and O–H groups in total. The molecular weight excluding hydrogens is 355 g/mol. The summed E-state index contributed by atoms with van der Waals surface area (Å²) >= 11 is 7.04. The van der Waals surface area contributed by atoms with Crippen molar-refractivity contribution in [2.45, 2.75) is 0 Å². The first kappa shape index (κ1) is 11.9. The molecule has 0 aliphatic carbocycles. The third kappa shape index (κ3) is 1.75. The molecule has 5 heteroatoms. The van der Waals surface area contributed by atoms with Gasteiger partial charge in [0.1, 0.15) is 0 Å². The second-order valence-corrected chi connectivity index (χ2v) is 5.13. The Bertz CT molecular complexity index is 663. The Morgan fingerprint density at radius 1 is 1.12 bits per heavy atom. The summed E-state index contributed by atoms with van der Waals surface area (Å²) in [6.45, 7) is 0. The summed E-state index contributed by atoms with van der Waals surface area (Å²) < 4.78 is 2.13. The molecule has 2 aromatic heterocycles. The molecule has 0 aliphatic rings. The van der Waals surface area contributed by atoms with Gasteiger partial charge in [-0.2, -0.15) is 0 Å². The van der Waals surface area contributed by atoms with Crippen LogP contribution in [0.4, 0.5) is 0 Å². The molecule has 0 amide bonds. The lowest BCUT2D eigenvalue weighted by atomic mass is 10.2. The molecule has 82 valence electrons. The van der Waals surface area contributed by atoms with E-state index in [1.54, 1.807) is 0 Å². The highest BCUT2D eigenvalue weighted by atomic mass is 79.9. The van der Waals surface area contributed by atoms with Crippen LogP contribution < -0.4 is 0 Å². The molecule has 3 aromatic rings. The minimum Gasteiger partial charge on any atom is -0.352 e. The maximum atomic E-state index is 4.10. The predicted octanol–water partition coefficient (Wildman–Crippen LogP) is 4.66. The quantitative estimate of drug-likeness (QED) is 0.619. The standard InChI is InChI=1S/C11H6Br2N2.ClH/c12-6-3-8-7-1-2-14-5-10(7)15-11(8)9(13)4-6;/h1-5,15H;1H. The highest BCUT2D eigenvalue weighted by Crippen LogP contribution is 2.32. The monoisotopic (exact) mass is 360 g/mol. The zero-order valence-electron chi connectivity index (χ0n) is 8.00. The fourth-order valence-electron chi connectivity index (χ4n) is 1.78. The summed E-state index contributed by atoms with van der Waals surface area (Å²) in [5, 5.41) is 2.40. The Morgan fingerprint density at radius 2 is 1.94 bits per heavy atom. The minimum atomic E-state index is 0. The topological polar surface area (TPSA) is 28.7 Å². The van der Waals surface area contributed by atoms with Crippen LogP contribution in [-0.2, 0) is 0 Å². The summed E-state index contributed by atoms with van der Waals surface area (Å²) in [5.41, 5.74) is 2.17. The van der Waals surface area contributed by atoms with Crippen LogP contribution in [0.2, 0.25) is 0 Å². The van der Waals surface area contributed by atoms with Crippen LogP contribution in [0.25, 0.3) is 21.8 Å². The van der Waals surface area contributed by atoms with Crippen LogP contribution in [-0.4, -0.2) is 9.97 Å². The van der Waals surface area contributed by atoms with Gasteiger partial charge in [-0.05, 0) is 34.1 Å². The molecule has 2 nitrogen and oxygen atoms in total. The summed E-state index contributed by atoms with van der Waals surface area (Å²) in [6, 6.07) is 6.16. The van der Waals surface area contributed by atoms with E-state index in [0.717, 1.165) is 20.0 Å².